The molecule has 2 rings (SSSR count). The van der Waals surface area contributed by atoms with Crippen molar-refractivity contribution in [3.63, 3.8) is 0 Å². The fourth-order valence-corrected chi connectivity index (χ4v) is 2.68. The van der Waals surface area contributed by atoms with Gasteiger partial charge in [-0.1, -0.05) is 45.6 Å². The Hall–Kier alpha value is -2.37. The second-order valence-corrected chi connectivity index (χ2v) is 6.17. The number of rotatable bonds is 10. The van der Waals surface area contributed by atoms with Crippen molar-refractivity contribution in [3.05, 3.63) is 35.9 Å². The Balaban J connectivity index is 2.13. The molecule has 2 heterocycles. The zero-order valence-electron chi connectivity index (χ0n) is 15.2. The highest BCUT2D eigenvalue weighted by Crippen LogP contribution is 2.13. The summed E-state index contributed by atoms with van der Waals surface area (Å²) in [4.78, 5) is 29.2. The molecular formula is C19H28N4O2. The first kappa shape index (κ1) is 19.0. The highest BCUT2D eigenvalue weighted by Gasteiger charge is 2.20. The Labute approximate surface area is 149 Å². The van der Waals surface area contributed by atoms with Gasteiger partial charge in [-0.15, -0.1) is 0 Å². The van der Waals surface area contributed by atoms with Crippen LogP contribution in [0.3, 0.4) is 0 Å². The normalized spacial score (nSPS) is 10.8. The summed E-state index contributed by atoms with van der Waals surface area (Å²) in [5.74, 6) is -0.224. The van der Waals surface area contributed by atoms with Crippen molar-refractivity contribution in [3.8, 4) is 0 Å². The molecule has 0 atom stereocenters. The van der Waals surface area contributed by atoms with E-state index in [0.717, 1.165) is 38.5 Å². The van der Waals surface area contributed by atoms with E-state index in [4.69, 9.17) is 0 Å². The van der Waals surface area contributed by atoms with Crippen LogP contribution in [0.4, 0.5) is 0 Å². The minimum atomic E-state index is -0.248. The minimum absolute atomic E-state index is 0.232. The lowest BCUT2D eigenvalue weighted by Crippen LogP contribution is -2.27. The van der Waals surface area contributed by atoms with E-state index in [1.54, 1.807) is 10.6 Å². The molecule has 2 aromatic rings. The summed E-state index contributed by atoms with van der Waals surface area (Å²) in [6, 6.07) is 5.47. The summed E-state index contributed by atoms with van der Waals surface area (Å²) in [5.41, 5.74) is 0.949. The van der Waals surface area contributed by atoms with Crippen molar-refractivity contribution in [2.45, 2.75) is 52.4 Å². The standard InChI is InChI=1S/C19H28N4O2/c1-3-5-8-12-20-18(24)16-15-11-7-10-14-23(15)17(22-16)19(25)21-13-9-6-4-2/h7,10-11,14H,3-6,8-9,12-13H2,1-2H3,(H,20,24)(H,21,25). The summed E-state index contributed by atoms with van der Waals surface area (Å²) < 4.78 is 1.68. The molecule has 0 fully saturated rings. The van der Waals surface area contributed by atoms with Gasteiger partial charge in [0.2, 0.25) is 5.82 Å². The fraction of sp³-hybridized carbons (Fsp3) is 0.526. The van der Waals surface area contributed by atoms with Gasteiger partial charge in [-0.2, -0.15) is 0 Å². The molecule has 25 heavy (non-hydrogen) atoms. The van der Waals surface area contributed by atoms with Crippen LogP contribution < -0.4 is 10.6 Å². The molecule has 6 heteroatoms. The van der Waals surface area contributed by atoms with E-state index in [2.05, 4.69) is 29.5 Å². The summed E-state index contributed by atoms with van der Waals surface area (Å²) >= 11 is 0. The minimum Gasteiger partial charge on any atom is -0.351 e. The maximum Gasteiger partial charge on any atom is 0.287 e. The Kier molecular flexibility index (Phi) is 7.44. The first-order valence-electron chi connectivity index (χ1n) is 9.22. The van der Waals surface area contributed by atoms with E-state index >= 15 is 0 Å². The SMILES string of the molecule is CCCCCNC(=O)c1nc(C(=O)NCCCCC)n2ccccc12. The lowest BCUT2D eigenvalue weighted by molar-refractivity contribution is 0.0942. The van der Waals surface area contributed by atoms with Crippen LogP contribution in [-0.4, -0.2) is 34.3 Å². The van der Waals surface area contributed by atoms with Gasteiger partial charge < -0.3 is 10.6 Å². The summed E-state index contributed by atoms with van der Waals surface area (Å²) in [6.07, 6.45) is 8.01. The smallest absolute Gasteiger partial charge is 0.287 e. The first-order chi connectivity index (χ1) is 12.2. The zero-order chi connectivity index (χ0) is 18.1. The van der Waals surface area contributed by atoms with Gasteiger partial charge >= 0.3 is 0 Å². The molecule has 0 bridgehead atoms. The third kappa shape index (κ3) is 5.05. The number of nitrogens with zero attached hydrogens (tertiary/aromatic N) is 2. The lowest BCUT2D eigenvalue weighted by atomic mass is 10.2. The predicted octanol–water partition coefficient (Wildman–Crippen LogP) is 3.17. The molecule has 6 nitrogen and oxygen atoms in total. The number of carbonyl (C=O) groups excluding carboxylic acids is 2. The number of pyridine rings is 1. The zero-order valence-corrected chi connectivity index (χ0v) is 15.2. The van der Waals surface area contributed by atoms with Crippen molar-refractivity contribution in [2.75, 3.05) is 13.1 Å². The molecule has 2 amide bonds. The van der Waals surface area contributed by atoms with Crippen LogP contribution in [0.1, 0.15) is 73.5 Å². The lowest BCUT2D eigenvalue weighted by Gasteiger charge is -2.03. The molecule has 0 radical (unpaired) electrons. The third-order valence-electron chi connectivity index (χ3n) is 4.10. The topological polar surface area (TPSA) is 75.5 Å². The molecule has 2 N–H and O–H groups in total. The highest BCUT2D eigenvalue weighted by atomic mass is 16.2. The van der Waals surface area contributed by atoms with Gasteiger partial charge in [-0.3, -0.25) is 14.0 Å². The number of aromatic nitrogens is 2. The van der Waals surface area contributed by atoms with Crippen molar-refractivity contribution < 1.29 is 9.59 Å². The van der Waals surface area contributed by atoms with Crippen molar-refractivity contribution in [1.82, 2.24) is 20.0 Å². The van der Waals surface area contributed by atoms with Crippen LogP contribution in [0.5, 0.6) is 0 Å². The van der Waals surface area contributed by atoms with Crippen LogP contribution in [0.25, 0.3) is 5.52 Å². The number of unbranched alkanes of at least 4 members (excludes halogenated alkanes) is 4. The van der Waals surface area contributed by atoms with Gasteiger partial charge in [-0.05, 0) is 25.0 Å². The van der Waals surface area contributed by atoms with E-state index < -0.39 is 0 Å². The number of amides is 2. The number of carbonyl (C=O) groups is 2. The average Bonchev–Trinajstić information content (AvgIpc) is 3.02. The Morgan fingerprint density at radius 1 is 0.960 bits per heavy atom. The first-order valence-corrected chi connectivity index (χ1v) is 9.22. The van der Waals surface area contributed by atoms with Gasteiger partial charge in [0.15, 0.2) is 5.69 Å². The molecule has 0 unspecified atom stereocenters. The summed E-state index contributed by atoms with van der Waals surface area (Å²) in [7, 11) is 0. The molecule has 0 aliphatic carbocycles. The van der Waals surface area contributed by atoms with Crippen LogP contribution >= 0.6 is 0 Å². The second-order valence-electron chi connectivity index (χ2n) is 6.17. The average molecular weight is 344 g/mol. The van der Waals surface area contributed by atoms with E-state index in [1.165, 1.54) is 0 Å². The van der Waals surface area contributed by atoms with Crippen LogP contribution in [0.2, 0.25) is 0 Å². The Morgan fingerprint density at radius 2 is 1.60 bits per heavy atom. The van der Waals surface area contributed by atoms with Gasteiger partial charge in [0.1, 0.15) is 0 Å². The number of hydrogen-bond donors (Lipinski definition) is 2. The number of nitrogens with one attached hydrogen (secondary N) is 2. The third-order valence-corrected chi connectivity index (χ3v) is 4.10. The molecule has 136 valence electrons. The van der Waals surface area contributed by atoms with E-state index in [1.807, 2.05) is 18.2 Å². The maximum atomic E-state index is 12.4. The van der Waals surface area contributed by atoms with Gasteiger partial charge in [0.25, 0.3) is 11.8 Å². The largest absolute Gasteiger partial charge is 0.351 e. The fourth-order valence-electron chi connectivity index (χ4n) is 2.68. The van der Waals surface area contributed by atoms with Crippen molar-refractivity contribution >= 4 is 17.3 Å². The molecule has 0 saturated carbocycles. The highest BCUT2D eigenvalue weighted by molar-refractivity contribution is 6.02. The molecule has 0 aliphatic heterocycles. The van der Waals surface area contributed by atoms with Gasteiger partial charge in [-0.25, -0.2) is 4.98 Å². The maximum absolute atomic E-state index is 12.4. The predicted molar refractivity (Wildman–Crippen MR) is 98.9 cm³/mol. The van der Waals surface area contributed by atoms with Gasteiger partial charge in [0, 0.05) is 19.3 Å². The number of hydrogen-bond acceptors (Lipinski definition) is 3. The Bertz CT molecular complexity index is 651. The molecular weight excluding hydrogens is 316 g/mol. The monoisotopic (exact) mass is 344 g/mol. The number of fused-ring (bicyclic) bond motifs is 1. The van der Waals surface area contributed by atoms with Crippen molar-refractivity contribution in [1.29, 1.82) is 0 Å². The van der Waals surface area contributed by atoms with Crippen LogP contribution in [0.15, 0.2) is 24.4 Å². The quantitative estimate of drug-likeness (QED) is 0.650. The second kappa shape index (κ2) is 9.81. The Morgan fingerprint density at radius 3 is 2.24 bits per heavy atom. The van der Waals surface area contributed by atoms with E-state index in [9.17, 15) is 9.59 Å². The van der Waals surface area contributed by atoms with Gasteiger partial charge in [0.05, 0.1) is 5.52 Å². The molecule has 0 saturated heterocycles. The molecule has 0 aliphatic rings. The van der Waals surface area contributed by atoms with Crippen LogP contribution in [-0.2, 0) is 0 Å². The van der Waals surface area contributed by atoms with Crippen LogP contribution in [0, 0.1) is 0 Å². The summed E-state index contributed by atoms with van der Waals surface area (Å²) in [6.45, 7) is 5.48. The molecule has 2 aromatic heterocycles. The molecule has 0 spiro atoms. The molecule has 0 aromatic carbocycles. The van der Waals surface area contributed by atoms with E-state index in [0.29, 0.717) is 24.3 Å². The van der Waals surface area contributed by atoms with Crippen molar-refractivity contribution in [2.24, 2.45) is 0 Å². The van der Waals surface area contributed by atoms with E-state index in [-0.39, 0.29) is 17.6 Å². The summed E-state index contributed by atoms with van der Waals surface area (Å²) in [5, 5.41) is 5.78. The number of imidazole rings is 1.